The number of nitrogens with one attached hydrogen (secondary N) is 1. The minimum atomic E-state index is -3.99. The number of rotatable bonds is 4. The summed E-state index contributed by atoms with van der Waals surface area (Å²) in [6.45, 7) is 1.56. The third kappa shape index (κ3) is 6.67. The average molecular weight is 213 g/mol. The van der Waals surface area contributed by atoms with Crippen LogP contribution in [0, 0.1) is 0 Å². The van der Waals surface area contributed by atoms with Crippen molar-refractivity contribution in [3.8, 4) is 0 Å². The highest BCUT2D eigenvalue weighted by Gasteiger charge is 2.13. The largest absolute Gasteiger partial charge is 0.355 e. The third-order valence-electron chi connectivity index (χ3n) is 1.08. The fourth-order valence-electron chi connectivity index (χ4n) is 0.472. The minimum Gasteiger partial charge on any atom is -0.355 e. The van der Waals surface area contributed by atoms with E-state index in [0.29, 0.717) is 0 Å². The Bertz CT molecular complexity index is 202. The zero-order chi connectivity index (χ0) is 9.78. The van der Waals surface area contributed by atoms with Crippen molar-refractivity contribution in [3.05, 3.63) is 0 Å². The van der Waals surface area contributed by atoms with Crippen molar-refractivity contribution in [2.45, 2.75) is 12.2 Å². The first-order valence-electron chi connectivity index (χ1n) is 3.33. The molecule has 0 saturated heterocycles. The van der Waals surface area contributed by atoms with Crippen molar-refractivity contribution in [3.63, 3.8) is 0 Å². The highest BCUT2D eigenvalue weighted by atomic mass is 32.1. The van der Waals surface area contributed by atoms with Gasteiger partial charge in [-0.25, -0.2) is 0 Å². The molecule has 1 unspecified atom stereocenters. The average Bonchev–Trinajstić information content (AvgIpc) is 1.84. The van der Waals surface area contributed by atoms with Gasteiger partial charge < -0.3 is 15.1 Å². The molecule has 0 aliphatic heterocycles. The molecular formula is C5H12NO4PS. The lowest BCUT2D eigenvalue weighted by atomic mass is 10.4. The molecule has 7 heteroatoms. The van der Waals surface area contributed by atoms with Crippen LogP contribution in [0.15, 0.2) is 0 Å². The number of thiol groups is 1. The molecule has 0 aromatic heterocycles. The van der Waals surface area contributed by atoms with Crippen molar-refractivity contribution >= 4 is 26.1 Å². The Labute approximate surface area is 76.1 Å². The lowest BCUT2D eigenvalue weighted by Gasteiger charge is -2.07. The summed E-state index contributed by atoms with van der Waals surface area (Å²) in [4.78, 5) is 27.6. The van der Waals surface area contributed by atoms with Gasteiger partial charge in [-0.05, 0) is 6.92 Å². The topological polar surface area (TPSA) is 86.6 Å². The fraction of sp³-hybridized carbons (Fsp3) is 0.800. The van der Waals surface area contributed by atoms with E-state index >= 15 is 0 Å². The predicted molar refractivity (Wildman–Crippen MR) is 48.4 cm³/mol. The number of carbonyl (C=O) groups excluding carboxylic acids is 1. The number of amides is 1. The monoisotopic (exact) mass is 213 g/mol. The predicted octanol–water partition coefficient (Wildman–Crippen LogP) is -0.401. The summed E-state index contributed by atoms with van der Waals surface area (Å²) in [6.07, 6.45) is -0.334. The molecule has 3 N–H and O–H groups in total. The molecule has 0 radical (unpaired) electrons. The number of hydrogen-bond acceptors (Lipinski definition) is 3. The Kier molecular flexibility index (Phi) is 4.85. The molecule has 1 atom stereocenters. The zero-order valence-corrected chi connectivity index (χ0v) is 8.39. The van der Waals surface area contributed by atoms with Gasteiger partial charge in [0.2, 0.25) is 5.91 Å². The van der Waals surface area contributed by atoms with E-state index in [2.05, 4.69) is 17.9 Å². The van der Waals surface area contributed by atoms with E-state index in [1.807, 2.05) is 0 Å². The van der Waals surface area contributed by atoms with E-state index < -0.39 is 12.8 Å². The van der Waals surface area contributed by atoms with Crippen molar-refractivity contribution < 1.29 is 19.1 Å². The maximum absolute atomic E-state index is 10.8. The van der Waals surface area contributed by atoms with Gasteiger partial charge in [0.05, 0.1) is 11.4 Å². The standard InChI is InChI=1S/C5H12NO4PS/c1-4(12)5(7)6-2-3-11(8,9)10/h4,12H,2-3H2,1H3,(H,6,7)(H2,8,9,10). The molecule has 0 spiro atoms. The quantitative estimate of drug-likeness (QED) is 0.378. The molecule has 5 nitrogen and oxygen atoms in total. The van der Waals surface area contributed by atoms with E-state index in [1.165, 1.54) is 0 Å². The highest BCUT2D eigenvalue weighted by molar-refractivity contribution is 7.81. The Morgan fingerprint density at radius 1 is 1.67 bits per heavy atom. The smallest absolute Gasteiger partial charge is 0.327 e. The summed E-state index contributed by atoms with van der Waals surface area (Å²) < 4.78 is 10.3. The molecule has 0 saturated carbocycles. The van der Waals surface area contributed by atoms with Crippen LogP contribution in [0.25, 0.3) is 0 Å². The molecule has 0 heterocycles. The second-order valence-corrected chi connectivity index (χ2v) is 4.91. The van der Waals surface area contributed by atoms with Crippen LogP contribution in [-0.4, -0.2) is 33.7 Å². The van der Waals surface area contributed by atoms with Gasteiger partial charge in [-0.2, -0.15) is 12.6 Å². The first kappa shape index (κ1) is 12.0. The fourth-order valence-corrected chi connectivity index (χ4v) is 0.967. The van der Waals surface area contributed by atoms with Gasteiger partial charge in [0.1, 0.15) is 0 Å². The van der Waals surface area contributed by atoms with E-state index in [9.17, 15) is 9.36 Å². The molecule has 0 fully saturated rings. The molecule has 72 valence electrons. The Morgan fingerprint density at radius 2 is 2.17 bits per heavy atom. The highest BCUT2D eigenvalue weighted by Crippen LogP contribution is 2.32. The van der Waals surface area contributed by atoms with Gasteiger partial charge in [-0.15, -0.1) is 0 Å². The van der Waals surface area contributed by atoms with Crippen LogP contribution in [0.1, 0.15) is 6.92 Å². The normalized spacial score (nSPS) is 14.0. The summed E-state index contributed by atoms with van der Waals surface area (Å²) in [5, 5.41) is 1.87. The maximum atomic E-state index is 10.8. The second-order valence-electron chi connectivity index (χ2n) is 2.36. The van der Waals surface area contributed by atoms with Crippen LogP contribution < -0.4 is 5.32 Å². The van der Waals surface area contributed by atoms with Crippen molar-refractivity contribution in [1.29, 1.82) is 0 Å². The van der Waals surface area contributed by atoms with Gasteiger partial charge in [-0.1, -0.05) is 0 Å². The third-order valence-corrected chi connectivity index (χ3v) is 2.12. The molecule has 0 bridgehead atoms. The lowest BCUT2D eigenvalue weighted by Crippen LogP contribution is -2.31. The molecule has 1 amide bonds. The first-order chi connectivity index (χ1) is 5.33. The van der Waals surface area contributed by atoms with Crippen LogP contribution >= 0.6 is 20.2 Å². The van der Waals surface area contributed by atoms with Gasteiger partial charge in [0, 0.05) is 6.54 Å². The van der Waals surface area contributed by atoms with Crippen LogP contribution in [0.3, 0.4) is 0 Å². The summed E-state index contributed by atoms with van der Waals surface area (Å²) in [7, 11) is -3.99. The minimum absolute atomic E-state index is 0.0198. The number of hydrogen-bond donors (Lipinski definition) is 4. The van der Waals surface area contributed by atoms with Crippen LogP contribution in [0.4, 0.5) is 0 Å². The van der Waals surface area contributed by atoms with Crippen molar-refractivity contribution in [1.82, 2.24) is 5.32 Å². The zero-order valence-electron chi connectivity index (χ0n) is 6.60. The summed E-state index contributed by atoms with van der Waals surface area (Å²) in [5.41, 5.74) is 0. The molecule has 0 rings (SSSR count). The second kappa shape index (κ2) is 4.87. The molecule has 0 aromatic carbocycles. The van der Waals surface area contributed by atoms with Gasteiger partial charge >= 0.3 is 7.60 Å². The summed E-state index contributed by atoms with van der Waals surface area (Å²) in [6, 6.07) is 0. The first-order valence-corrected chi connectivity index (χ1v) is 5.64. The SMILES string of the molecule is CC(S)C(=O)NCCP(=O)(O)O. The van der Waals surface area contributed by atoms with E-state index in [0.717, 1.165) is 0 Å². The maximum Gasteiger partial charge on any atom is 0.327 e. The van der Waals surface area contributed by atoms with Crippen molar-refractivity contribution in [2.24, 2.45) is 0 Å². The van der Waals surface area contributed by atoms with Crippen LogP contribution in [0.5, 0.6) is 0 Å². The molecule has 12 heavy (non-hydrogen) atoms. The molecular weight excluding hydrogens is 201 g/mol. The van der Waals surface area contributed by atoms with Crippen LogP contribution in [-0.2, 0) is 9.36 Å². The Morgan fingerprint density at radius 3 is 2.50 bits per heavy atom. The van der Waals surface area contributed by atoms with Gasteiger partial charge in [-0.3, -0.25) is 9.36 Å². The lowest BCUT2D eigenvalue weighted by molar-refractivity contribution is -0.120. The molecule has 0 aliphatic rings. The Hall–Kier alpha value is -0.0300. The van der Waals surface area contributed by atoms with Gasteiger partial charge in [0.15, 0.2) is 0 Å². The van der Waals surface area contributed by atoms with E-state index in [1.54, 1.807) is 6.92 Å². The Balaban J connectivity index is 3.58. The molecule has 0 aliphatic carbocycles. The summed E-state index contributed by atoms with van der Waals surface area (Å²) >= 11 is 3.83. The van der Waals surface area contributed by atoms with Crippen LogP contribution in [0.2, 0.25) is 0 Å². The van der Waals surface area contributed by atoms with E-state index in [4.69, 9.17) is 9.79 Å². The van der Waals surface area contributed by atoms with Crippen molar-refractivity contribution in [2.75, 3.05) is 12.7 Å². The molecule has 0 aromatic rings. The summed E-state index contributed by atoms with van der Waals surface area (Å²) in [5.74, 6) is -0.327. The number of carbonyl (C=O) groups is 1. The van der Waals surface area contributed by atoms with E-state index in [-0.39, 0.29) is 18.6 Å². The van der Waals surface area contributed by atoms with Gasteiger partial charge in [0.25, 0.3) is 0 Å².